The molecule has 0 radical (unpaired) electrons. The zero-order chi connectivity index (χ0) is 17.4. The lowest BCUT2D eigenvalue weighted by atomic mass is 9.87. The lowest BCUT2D eigenvalue weighted by Crippen LogP contribution is -2.24. The van der Waals surface area contributed by atoms with Gasteiger partial charge in [0, 0.05) is 18.8 Å². The summed E-state index contributed by atoms with van der Waals surface area (Å²) in [6.07, 6.45) is -4.67. The first-order valence-corrected chi connectivity index (χ1v) is 7.01. The Morgan fingerprint density at radius 2 is 1.65 bits per heavy atom. The molecule has 0 fully saturated rings. The average Bonchev–Trinajstić information content (AvgIpc) is 2.42. The summed E-state index contributed by atoms with van der Waals surface area (Å²) in [5.41, 5.74) is -0.371. The summed E-state index contributed by atoms with van der Waals surface area (Å²) in [6, 6.07) is 7.73. The maximum absolute atomic E-state index is 12.8. The van der Waals surface area contributed by atoms with Crippen LogP contribution in [0.3, 0.4) is 0 Å². The highest BCUT2D eigenvalue weighted by Gasteiger charge is 2.34. The summed E-state index contributed by atoms with van der Waals surface area (Å²) >= 11 is 0. The molecule has 0 bridgehead atoms. The number of alkyl halides is 3. The molecule has 0 aliphatic heterocycles. The molecular weight excluding hydrogens is 307 g/mol. The van der Waals surface area contributed by atoms with Gasteiger partial charge in [0.25, 0.3) is 5.56 Å². The molecular formula is C16H18F3N3O. The maximum Gasteiger partial charge on any atom is 0.433 e. The maximum atomic E-state index is 12.8. The second kappa shape index (κ2) is 5.72. The van der Waals surface area contributed by atoms with Gasteiger partial charge in [0.1, 0.15) is 0 Å². The number of hydrogen-bond acceptors (Lipinski definition) is 3. The van der Waals surface area contributed by atoms with Gasteiger partial charge < -0.3 is 5.32 Å². The van der Waals surface area contributed by atoms with Crippen molar-refractivity contribution < 1.29 is 13.2 Å². The quantitative estimate of drug-likeness (QED) is 0.912. The molecule has 1 heterocycles. The lowest BCUT2D eigenvalue weighted by Gasteiger charge is -2.19. The Kier molecular flexibility index (Phi) is 4.24. The molecule has 0 saturated carbocycles. The Labute approximate surface area is 132 Å². The molecule has 0 spiro atoms. The van der Waals surface area contributed by atoms with Crippen molar-refractivity contribution in [1.82, 2.24) is 9.55 Å². The summed E-state index contributed by atoms with van der Waals surface area (Å²) in [5.74, 6) is -0.159. The highest BCUT2D eigenvalue weighted by atomic mass is 19.4. The van der Waals surface area contributed by atoms with Crippen molar-refractivity contribution in [3.8, 4) is 0 Å². The molecule has 0 amide bonds. The van der Waals surface area contributed by atoms with E-state index in [4.69, 9.17) is 0 Å². The number of benzene rings is 1. The van der Waals surface area contributed by atoms with Gasteiger partial charge in [-0.2, -0.15) is 13.2 Å². The topological polar surface area (TPSA) is 46.9 Å². The van der Waals surface area contributed by atoms with Crippen LogP contribution in [0.2, 0.25) is 0 Å². The molecule has 0 atom stereocenters. The van der Waals surface area contributed by atoms with Crippen LogP contribution in [0.4, 0.5) is 24.8 Å². The Hall–Kier alpha value is -2.31. The summed E-state index contributed by atoms with van der Waals surface area (Å²) in [7, 11) is 1.36. The molecule has 0 unspecified atom stereocenters. The van der Waals surface area contributed by atoms with Crippen LogP contribution in [0.5, 0.6) is 0 Å². The van der Waals surface area contributed by atoms with Crippen molar-refractivity contribution in [1.29, 1.82) is 0 Å². The number of hydrogen-bond donors (Lipinski definition) is 1. The minimum Gasteiger partial charge on any atom is -0.326 e. The predicted molar refractivity (Wildman–Crippen MR) is 82.9 cm³/mol. The van der Waals surface area contributed by atoms with E-state index >= 15 is 0 Å². The number of nitrogens with zero attached hydrogens (tertiary/aromatic N) is 2. The summed E-state index contributed by atoms with van der Waals surface area (Å²) in [6.45, 7) is 6.19. The van der Waals surface area contributed by atoms with Crippen molar-refractivity contribution >= 4 is 11.6 Å². The van der Waals surface area contributed by atoms with Crippen LogP contribution in [0.15, 0.2) is 35.1 Å². The van der Waals surface area contributed by atoms with E-state index in [-0.39, 0.29) is 11.4 Å². The number of aromatic nitrogens is 2. The molecule has 0 saturated heterocycles. The van der Waals surface area contributed by atoms with Crippen LogP contribution >= 0.6 is 0 Å². The van der Waals surface area contributed by atoms with Crippen molar-refractivity contribution in [3.63, 3.8) is 0 Å². The zero-order valence-corrected chi connectivity index (χ0v) is 13.3. The third-order valence-corrected chi connectivity index (χ3v) is 3.43. The van der Waals surface area contributed by atoms with E-state index in [1.165, 1.54) is 7.05 Å². The van der Waals surface area contributed by atoms with Gasteiger partial charge >= 0.3 is 6.18 Å². The molecule has 23 heavy (non-hydrogen) atoms. The summed E-state index contributed by atoms with van der Waals surface area (Å²) < 4.78 is 39.3. The van der Waals surface area contributed by atoms with E-state index in [1.54, 1.807) is 12.1 Å². The highest BCUT2D eigenvalue weighted by molar-refractivity contribution is 5.54. The first-order chi connectivity index (χ1) is 10.5. The van der Waals surface area contributed by atoms with Crippen LogP contribution in [0.1, 0.15) is 32.0 Å². The van der Waals surface area contributed by atoms with E-state index in [1.807, 2.05) is 12.1 Å². The first-order valence-electron chi connectivity index (χ1n) is 7.01. The molecule has 0 aliphatic rings. The molecule has 2 aromatic rings. The van der Waals surface area contributed by atoms with Gasteiger partial charge in [0.2, 0.25) is 5.95 Å². The van der Waals surface area contributed by atoms with E-state index in [2.05, 4.69) is 31.1 Å². The van der Waals surface area contributed by atoms with Crippen LogP contribution in [0, 0.1) is 0 Å². The summed E-state index contributed by atoms with van der Waals surface area (Å²) in [5, 5.41) is 2.76. The Morgan fingerprint density at radius 3 is 2.13 bits per heavy atom. The predicted octanol–water partition coefficient (Wildman–Crippen LogP) is 3.84. The largest absolute Gasteiger partial charge is 0.433 e. The van der Waals surface area contributed by atoms with Gasteiger partial charge in [-0.1, -0.05) is 32.9 Å². The SMILES string of the molecule is Cn1c(Nc2ccc(C(C)(C)C)cc2)nc(C(F)(F)F)cc1=O. The van der Waals surface area contributed by atoms with Crippen molar-refractivity contribution in [3.05, 3.63) is 51.9 Å². The third-order valence-electron chi connectivity index (χ3n) is 3.43. The van der Waals surface area contributed by atoms with E-state index in [0.717, 1.165) is 10.1 Å². The van der Waals surface area contributed by atoms with Gasteiger partial charge in [-0.25, -0.2) is 4.98 Å². The number of anilines is 2. The fourth-order valence-corrected chi connectivity index (χ4v) is 1.98. The minimum atomic E-state index is -4.67. The van der Waals surface area contributed by atoms with Gasteiger partial charge in [0.15, 0.2) is 5.69 Å². The number of rotatable bonds is 2. The van der Waals surface area contributed by atoms with Gasteiger partial charge in [-0.15, -0.1) is 0 Å². The molecule has 4 nitrogen and oxygen atoms in total. The Morgan fingerprint density at radius 1 is 1.09 bits per heavy atom. The fraction of sp³-hybridized carbons (Fsp3) is 0.375. The minimum absolute atomic E-state index is 0.0279. The molecule has 1 N–H and O–H groups in total. The van der Waals surface area contributed by atoms with Crippen LogP contribution < -0.4 is 10.9 Å². The van der Waals surface area contributed by atoms with E-state index in [0.29, 0.717) is 11.8 Å². The van der Waals surface area contributed by atoms with Gasteiger partial charge in [-0.05, 0) is 23.1 Å². The third kappa shape index (κ3) is 3.91. The number of halogens is 3. The van der Waals surface area contributed by atoms with Gasteiger partial charge in [0.05, 0.1) is 0 Å². The number of nitrogens with one attached hydrogen (secondary N) is 1. The van der Waals surface area contributed by atoms with E-state index < -0.39 is 17.4 Å². The van der Waals surface area contributed by atoms with Crippen LogP contribution in [0.25, 0.3) is 0 Å². The van der Waals surface area contributed by atoms with Gasteiger partial charge in [-0.3, -0.25) is 9.36 Å². The normalized spacial score (nSPS) is 12.3. The molecule has 1 aromatic carbocycles. The standard InChI is InChI=1S/C16H18F3N3O/c1-15(2,3)10-5-7-11(8-6-10)20-14-21-12(16(17,18)19)9-13(23)22(14)4/h5-9H,1-4H3,(H,20,21). The molecule has 2 rings (SSSR count). The van der Waals surface area contributed by atoms with Crippen LogP contribution in [-0.4, -0.2) is 9.55 Å². The zero-order valence-electron chi connectivity index (χ0n) is 13.3. The van der Waals surface area contributed by atoms with Crippen molar-refractivity contribution in [2.45, 2.75) is 32.4 Å². The van der Waals surface area contributed by atoms with E-state index in [9.17, 15) is 18.0 Å². The Bertz CT molecular complexity index is 756. The summed E-state index contributed by atoms with van der Waals surface area (Å²) in [4.78, 5) is 15.2. The fourth-order valence-electron chi connectivity index (χ4n) is 1.98. The lowest BCUT2D eigenvalue weighted by molar-refractivity contribution is -0.141. The van der Waals surface area contributed by atoms with Crippen LogP contribution in [-0.2, 0) is 18.6 Å². The van der Waals surface area contributed by atoms with Crippen molar-refractivity contribution in [2.24, 2.45) is 7.05 Å². The molecule has 0 aliphatic carbocycles. The first kappa shape index (κ1) is 17.1. The average molecular weight is 325 g/mol. The highest BCUT2D eigenvalue weighted by Crippen LogP contribution is 2.28. The second-order valence-corrected chi connectivity index (χ2v) is 6.31. The molecule has 7 heteroatoms. The molecule has 124 valence electrons. The van der Waals surface area contributed by atoms with Crippen molar-refractivity contribution in [2.75, 3.05) is 5.32 Å². The second-order valence-electron chi connectivity index (χ2n) is 6.31. The monoisotopic (exact) mass is 325 g/mol. The smallest absolute Gasteiger partial charge is 0.326 e. The molecule has 1 aromatic heterocycles. The Balaban J connectivity index is 2.37.